The Labute approximate surface area is 148 Å². The fourth-order valence-electron chi connectivity index (χ4n) is 2.48. The zero-order valence-corrected chi connectivity index (χ0v) is 15.5. The largest absolute Gasteiger partial charge is 0.511 e. The maximum atomic E-state index is 12.4. The van der Waals surface area contributed by atoms with E-state index in [2.05, 4.69) is 12.1 Å². The molecule has 0 aromatic rings. The van der Waals surface area contributed by atoms with Gasteiger partial charge in [-0.05, 0) is 42.8 Å². The van der Waals surface area contributed by atoms with Gasteiger partial charge in [0.05, 0.1) is 11.3 Å². The summed E-state index contributed by atoms with van der Waals surface area (Å²) in [7, 11) is 0. The van der Waals surface area contributed by atoms with Crippen LogP contribution in [-0.2, 0) is 9.63 Å². The van der Waals surface area contributed by atoms with Crippen LogP contribution in [0.5, 0.6) is 0 Å². The number of hydrogen-bond donors (Lipinski definition) is 1. The number of aliphatic hydroxyl groups excluding tert-OH is 1. The molecule has 4 nitrogen and oxygen atoms in total. The second-order valence-electron chi connectivity index (χ2n) is 5.47. The van der Waals surface area contributed by atoms with Gasteiger partial charge in [-0.25, -0.2) is 0 Å². The molecule has 1 unspecified atom stereocenters. The van der Waals surface area contributed by atoms with Gasteiger partial charge in [-0.3, -0.25) is 4.79 Å². The minimum Gasteiger partial charge on any atom is -0.511 e. The van der Waals surface area contributed by atoms with Crippen molar-refractivity contribution >= 4 is 34.9 Å². The van der Waals surface area contributed by atoms with Crippen LogP contribution in [0.2, 0.25) is 0 Å². The van der Waals surface area contributed by atoms with Crippen LogP contribution in [0, 0.1) is 5.92 Å². The van der Waals surface area contributed by atoms with Crippen LogP contribution >= 0.6 is 23.4 Å². The van der Waals surface area contributed by atoms with Crippen LogP contribution in [0.1, 0.15) is 46.0 Å². The lowest BCUT2D eigenvalue weighted by Crippen LogP contribution is -2.25. The predicted octanol–water partition coefficient (Wildman–Crippen LogP) is 4.85. The summed E-state index contributed by atoms with van der Waals surface area (Å²) in [5.74, 6) is 2.54. The maximum absolute atomic E-state index is 12.4. The van der Waals surface area contributed by atoms with E-state index in [0.717, 1.165) is 17.9 Å². The van der Waals surface area contributed by atoms with E-state index in [1.165, 1.54) is 12.0 Å². The van der Waals surface area contributed by atoms with Gasteiger partial charge in [-0.15, -0.1) is 0 Å². The van der Waals surface area contributed by atoms with Crippen LogP contribution in [0.15, 0.2) is 28.1 Å². The Balaban J connectivity index is 2.68. The molecule has 0 saturated carbocycles. The number of aliphatic hydroxyl groups is 1. The summed E-state index contributed by atoms with van der Waals surface area (Å²) in [5.41, 5.74) is 2.21. The van der Waals surface area contributed by atoms with E-state index >= 15 is 0 Å². The minimum absolute atomic E-state index is 0.0312. The molecule has 0 saturated heterocycles. The summed E-state index contributed by atoms with van der Waals surface area (Å²) >= 11 is 7.32. The summed E-state index contributed by atoms with van der Waals surface area (Å²) in [6.07, 6.45) is 5.30. The second-order valence-corrected chi connectivity index (χ2v) is 6.95. The molecule has 1 atom stereocenters. The molecular weight excluding hydrogens is 334 g/mol. The van der Waals surface area contributed by atoms with Crippen LogP contribution in [0.25, 0.3) is 0 Å². The number of hydrogen-bond acceptors (Lipinski definition) is 5. The molecule has 1 aliphatic carbocycles. The molecule has 6 heteroatoms. The van der Waals surface area contributed by atoms with Crippen molar-refractivity contribution in [1.29, 1.82) is 0 Å². The van der Waals surface area contributed by atoms with Gasteiger partial charge >= 0.3 is 0 Å². The highest BCUT2D eigenvalue weighted by Crippen LogP contribution is 2.30. The number of rotatable bonds is 10. The van der Waals surface area contributed by atoms with Crippen molar-refractivity contribution in [2.75, 3.05) is 18.1 Å². The van der Waals surface area contributed by atoms with E-state index in [1.54, 1.807) is 6.08 Å². The average Bonchev–Trinajstić information content (AvgIpc) is 2.53. The molecule has 0 spiro atoms. The highest BCUT2D eigenvalue weighted by atomic mass is 35.5. The number of halogens is 1. The zero-order chi connectivity index (χ0) is 17.1. The third kappa shape index (κ3) is 7.00. The van der Waals surface area contributed by atoms with E-state index in [0.29, 0.717) is 30.5 Å². The molecule has 0 aromatic carbocycles. The van der Waals surface area contributed by atoms with Gasteiger partial charge in [0.1, 0.15) is 12.4 Å². The van der Waals surface area contributed by atoms with Gasteiger partial charge in [0.2, 0.25) is 0 Å². The summed E-state index contributed by atoms with van der Waals surface area (Å²) in [5, 5.41) is 14.3. The first-order valence-electron chi connectivity index (χ1n) is 8.11. The highest BCUT2D eigenvalue weighted by Gasteiger charge is 2.30. The molecule has 0 fully saturated rings. The molecule has 0 radical (unpaired) electrons. The molecule has 130 valence electrons. The number of nitrogens with zero attached hydrogens (tertiary/aromatic N) is 1. The van der Waals surface area contributed by atoms with E-state index in [9.17, 15) is 9.90 Å². The summed E-state index contributed by atoms with van der Waals surface area (Å²) < 4.78 is 0. The van der Waals surface area contributed by atoms with Crippen LogP contribution in [0.4, 0.5) is 0 Å². The van der Waals surface area contributed by atoms with Crippen molar-refractivity contribution < 1.29 is 14.7 Å². The zero-order valence-electron chi connectivity index (χ0n) is 13.9. The first-order chi connectivity index (χ1) is 11.1. The monoisotopic (exact) mass is 359 g/mol. The van der Waals surface area contributed by atoms with E-state index in [4.69, 9.17) is 16.4 Å². The number of allylic oxidation sites excluding steroid dienone is 2. The predicted molar refractivity (Wildman–Crippen MR) is 98.3 cm³/mol. The molecule has 0 amide bonds. The number of carbonyl (C=O) groups is 1. The molecule has 1 rings (SSSR count). The molecule has 23 heavy (non-hydrogen) atoms. The van der Waals surface area contributed by atoms with E-state index in [-0.39, 0.29) is 24.1 Å². The maximum Gasteiger partial charge on any atom is 0.168 e. The Morgan fingerprint density at radius 1 is 1.43 bits per heavy atom. The van der Waals surface area contributed by atoms with Gasteiger partial charge in [0, 0.05) is 18.4 Å². The molecule has 1 N–H and O–H groups in total. The van der Waals surface area contributed by atoms with Crippen LogP contribution < -0.4 is 0 Å². The van der Waals surface area contributed by atoms with Crippen molar-refractivity contribution in [1.82, 2.24) is 0 Å². The number of Topliss-reactive ketones (excluding diaryl/α,β-unsaturated/α-hetero) is 1. The molecular formula is C17H26ClNO3S. The third-order valence-corrected chi connectivity index (χ3v) is 5.00. The van der Waals surface area contributed by atoms with Gasteiger partial charge in [-0.1, -0.05) is 30.6 Å². The Hall–Kier alpha value is -0.940. The number of ketones is 1. The Kier molecular flexibility index (Phi) is 10.1. The van der Waals surface area contributed by atoms with Crippen molar-refractivity contribution in [3.8, 4) is 0 Å². The van der Waals surface area contributed by atoms with Gasteiger partial charge in [0.15, 0.2) is 5.78 Å². The molecule has 0 aromatic heterocycles. The molecule has 0 aliphatic heterocycles. The Bertz CT molecular complexity index is 474. The lowest BCUT2D eigenvalue weighted by molar-refractivity contribution is -0.116. The summed E-state index contributed by atoms with van der Waals surface area (Å²) in [6.45, 7) is 4.29. The minimum atomic E-state index is -0.0312. The topological polar surface area (TPSA) is 58.9 Å². The molecule has 0 bridgehead atoms. The van der Waals surface area contributed by atoms with E-state index in [1.807, 2.05) is 18.7 Å². The fourth-order valence-corrected chi connectivity index (χ4v) is 3.55. The number of carbonyl (C=O) groups excluding carboxylic acids is 1. The number of oxime groups is 1. The SMILES string of the molecule is CCCSCCC1CC(=O)C(C(CC)=NOC/C=C/Cl)=C(O)C1. The van der Waals surface area contributed by atoms with E-state index < -0.39 is 0 Å². The number of thioether (sulfide) groups is 1. The standard InChI is InChI=1S/C17H26ClNO3S/c1-3-9-23-10-6-13-11-15(20)17(16(21)12-13)14(4-2)19-22-8-5-7-18/h5,7,13,20H,3-4,6,8-12H2,1-2H3/b7-5+,19-14?. The van der Waals surface area contributed by atoms with Crippen molar-refractivity contribution in [3.05, 3.63) is 22.9 Å². The van der Waals surface area contributed by atoms with Gasteiger partial charge in [-0.2, -0.15) is 11.8 Å². The lowest BCUT2D eigenvalue weighted by atomic mass is 9.83. The van der Waals surface area contributed by atoms with Gasteiger partial charge in [0.25, 0.3) is 0 Å². The molecule has 0 heterocycles. The lowest BCUT2D eigenvalue weighted by Gasteiger charge is -2.23. The average molecular weight is 360 g/mol. The van der Waals surface area contributed by atoms with Crippen LogP contribution in [-0.4, -0.2) is 34.7 Å². The van der Waals surface area contributed by atoms with Crippen molar-refractivity contribution in [2.45, 2.75) is 46.0 Å². The van der Waals surface area contributed by atoms with Crippen molar-refractivity contribution in [3.63, 3.8) is 0 Å². The second kappa shape index (κ2) is 11.6. The fraction of sp³-hybridized carbons (Fsp3) is 0.647. The third-order valence-electron chi connectivity index (χ3n) is 3.60. The van der Waals surface area contributed by atoms with Crippen LogP contribution in [0.3, 0.4) is 0 Å². The highest BCUT2D eigenvalue weighted by molar-refractivity contribution is 7.99. The summed E-state index contributed by atoms with van der Waals surface area (Å²) in [4.78, 5) is 17.5. The Morgan fingerprint density at radius 3 is 2.83 bits per heavy atom. The quantitative estimate of drug-likeness (QED) is 0.344. The molecule has 1 aliphatic rings. The van der Waals surface area contributed by atoms with Crippen molar-refractivity contribution in [2.24, 2.45) is 11.1 Å². The smallest absolute Gasteiger partial charge is 0.168 e. The van der Waals surface area contributed by atoms with Gasteiger partial charge < -0.3 is 9.94 Å². The summed E-state index contributed by atoms with van der Waals surface area (Å²) in [6, 6.07) is 0. The normalized spacial score (nSPS) is 19.7. The first-order valence-corrected chi connectivity index (χ1v) is 9.70. The first kappa shape index (κ1) is 20.1. The Morgan fingerprint density at radius 2 is 2.22 bits per heavy atom.